The van der Waals surface area contributed by atoms with Crippen LogP contribution >= 0.6 is 11.3 Å². The van der Waals surface area contributed by atoms with E-state index in [1.54, 1.807) is 14.2 Å². The van der Waals surface area contributed by atoms with Gasteiger partial charge in [-0.1, -0.05) is 35.6 Å². The number of carbonyl (C=O) groups is 1. The molecule has 6 nitrogen and oxygen atoms in total. The molecule has 0 saturated heterocycles. The van der Waals surface area contributed by atoms with E-state index in [0.717, 1.165) is 11.3 Å². The Bertz CT molecular complexity index is 925. The largest absolute Gasteiger partial charge is 0.493 e. The van der Waals surface area contributed by atoms with Crippen LogP contribution in [0.15, 0.2) is 48.5 Å². The van der Waals surface area contributed by atoms with Crippen LogP contribution in [0.4, 0.5) is 10.8 Å². The number of aryl methyl sites for hydroxylation is 1. The standard InChI is InChI=1S/C20H21N3O3S/c1-13-18(19(24)23-15-7-5-4-6-8-15)27-20(22-13)21-12-14-9-10-16(25-2)17(11-14)26-3/h4-11H,12H2,1-3H3,(H,21,22)(H,23,24). The van der Waals surface area contributed by atoms with Gasteiger partial charge in [0.05, 0.1) is 19.9 Å². The monoisotopic (exact) mass is 383 g/mol. The number of anilines is 2. The second-order valence-corrected chi connectivity index (χ2v) is 6.80. The Morgan fingerprint density at radius 1 is 1.07 bits per heavy atom. The van der Waals surface area contributed by atoms with Gasteiger partial charge in [-0.2, -0.15) is 0 Å². The summed E-state index contributed by atoms with van der Waals surface area (Å²) in [5.74, 6) is 1.21. The smallest absolute Gasteiger partial charge is 0.267 e. The third kappa shape index (κ3) is 4.57. The average molecular weight is 383 g/mol. The number of nitrogens with one attached hydrogen (secondary N) is 2. The van der Waals surface area contributed by atoms with E-state index in [2.05, 4.69) is 15.6 Å². The van der Waals surface area contributed by atoms with Crippen LogP contribution in [-0.2, 0) is 6.54 Å². The Morgan fingerprint density at radius 3 is 2.52 bits per heavy atom. The van der Waals surface area contributed by atoms with E-state index in [1.165, 1.54) is 11.3 Å². The van der Waals surface area contributed by atoms with Gasteiger partial charge in [0.1, 0.15) is 4.88 Å². The highest BCUT2D eigenvalue weighted by Gasteiger charge is 2.15. The highest BCUT2D eigenvalue weighted by atomic mass is 32.1. The second kappa shape index (κ2) is 8.55. The fourth-order valence-electron chi connectivity index (χ4n) is 2.56. The summed E-state index contributed by atoms with van der Waals surface area (Å²) in [4.78, 5) is 17.5. The molecule has 0 aliphatic rings. The molecule has 2 N–H and O–H groups in total. The number of rotatable bonds is 7. The van der Waals surface area contributed by atoms with Gasteiger partial charge in [-0.05, 0) is 36.8 Å². The molecular formula is C20H21N3O3S. The molecule has 3 aromatic rings. The highest BCUT2D eigenvalue weighted by molar-refractivity contribution is 7.17. The summed E-state index contributed by atoms with van der Waals surface area (Å²) in [6.07, 6.45) is 0. The molecule has 0 radical (unpaired) electrons. The van der Waals surface area contributed by atoms with Gasteiger partial charge in [-0.15, -0.1) is 0 Å². The number of nitrogens with zero attached hydrogens (tertiary/aromatic N) is 1. The van der Waals surface area contributed by atoms with Crippen LogP contribution in [0.2, 0.25) is 0 Å². The first-order valence-electron chi connectivity index (χ1n) is 8.39. The summed E-state index contributed by atoms with van der Waals surface area (Å²) in [6.45, 7) is 2.39. The lowest BCUT2D eigenvalue weighted by atomic mass is 10.2. The minimum atomic E-state index is -0.157. The van der Waals surface area contributed by atoms with Gasteiger partial charge in [0, 0.05) is 12.2 Å². The molecule has 0 saturated carbocycles. The number of thiazole rings is 1. The number of hydrogen-bond donors (Lipinski definition) is 2. The van der Waals surface area contributed by atoms with Crippen LogP contribution in [0.5, 0.6) is 11.5 Å². The van der Waals surface area contributed by atoms with E-state index >= 15 is 0 Å². The summed E-state index contributed by atoms with van der Waals surface area (Å²) < 4.78 is 10.6. The zero-order valence-corrected chi connectivity index (χ0v) is 16.2. The first kappa shape index (κ1) is 18.7. The van der Waals surface area contributed by atoms with Crippen molar-refractivity contribution in [2.45, 2.75) is 13.5 Å². The number of hydrogen-bond acceptors (Lipinski definition) is 6. The van der Waals surface area contributed by atoms with Crippen LogP contribution in [0.1, 0.15) is 20.9 Å². The first-order valence-corrected chi connectivity index (χ1v) is 9.21. The molecule has 2 aromatic carbocycles. The number of methoxy groups -OCH3 is 2. The van der Waals surface area contributed by atoms with Crippen molar-refractivity contribution in [1.29, 1.82) is 0 Å². The van der Waals surface area contributed by atoms with E-state index in [9.17, 15) is 4.79 Å². The van der Waals surface area contributed by atoms with Gasteiger partial charge >= 0.3 is 0 Å². The molecule has 0 unspecified atom stereocenters. The lowest BCUT2D eigenvalue weighted by Crippen LogP contribution is -2.11. The van der Waals surface area contributed by atoms with E-state index in [4.69, 9.17) is 9.47 Å². The summed E-state index contributed by atoms with van der Waals surface area (Å²) >= 11 is 1.33. The molecule has 27 heavy (non-hydrogen) atoms. The van der Waals surface area contributed by atoms with Crippen molar-refractivity contribution in [2.75, 3.05) is 24.9 Å². The number of benzene rings is 2. The minimum absolute atomic E-state index is 0.157. The van der Waals surface area contributed by atoms with Gasteiger partial charge in [-0.25, -0.2) is 4.98 Å². The molecule has 1 amide bonds. The minimum Gasteiger partial charge on any atom is -0.493 e. The molecular weight excluding hydrogens is 362 g/mol. The van der Waals surface area contributed by atoms with Gasteiger partial charge in [-0.3, -0.25) is 4.79 Å². The van der Waals surface area contributed by atoms with Crippen molar-refractivity contribution in [1.82, 2.24) is 4.98 Å². The lowest BCUT2D eigenvalue weighted by Gasteiger charge is -2.09. The van der Waals surface area contributed by atoms with Crippen LogP contribution in [0.3, 0.4) is 0 Å². The van der Waals surface area contributed by atoms with Gasteiger partial charge in [0.15, 0.2) is 16.6 Å². The Balaban J connectivity index is 1.67. The van der Waals surface area contributed by atoms with Crippen LogP contribution in [-0.4, -0.2) is 25.1 Å². The highest BCUT2D eigenvalue weighted by Crippen LogP contribution is 2.29. The van der Waals surface area contributed by atoms with Crippen molar-refractivity contribution in [3.63, 3.8) is 0 Å². The third-order valence-corrected chi connectivity index (χ3v) is 5.04. The average Bonchev–Trinajstić information content (AvgIpc) is 3.07. The SMILES string of the molecule is COc1ccc(CNc2nc(C)c(C(=O)Nc3ccccc3)s2)cc1OC. The summed E-state index contributed by atoms with van der Waals surface area (Å²) in [7, 11) is 3.22. The lowest BCUT2D eigenvalue weighted by molar-refractivity contribution is 0.103. The van der Waals surface area contributed by atoms with E-state index in [1.807, 2.05) is 55.5 Å². The Hall–Kier alpha value is -3.06. The summed E-state index contributed by atoms with van der Waals surface area (Å²) in [5.41, 5.74) is 2.48. The molecule has 0 fully saturated rings. The normalized spacial score (nSPS) is 10.3. The van der Waals surface area contributed by atoms with Gasteiger partial charge in [0.2, 0.25) is 0 Å². The van der Waals surface area contributed by atoms with Crippen molar-refractivity contribution >= 4 is 28.1 Å². The van der Waals surface area contributed by atoms with E-state index in [-0.39, 0.29) is 5.91 Å². The number of para-hydroxylation sites is 1. The van der Waals surface area contributed by atoms with Crippen molar-refractivity contribution in [3.8, 4) is 11.5 Å². The maximum atomic E-state index is 12.5. The van der Waals surface area contributed by atoms with Crippen molar-refractivity contribution in [3.05, 3.63) is 64.7 Å². The van der Waals surface area contributed by atoms with E-state index in [0.29, 0.717) is 33.7 Å². The molecule has 0 atom stereocenters. The van der Waals surface area contributed by atoms with Crippen molar-refractivity contribution < 1.29 is 14.3 Å². The third-order valence-electron chi connectivity index (χ3n) is 3.93. The number of aromatic nitrogens is 1. The molecule has 0 spiro atoms. The predicted octanol–water partition coefficient (Wildman–Crippen LogP) is 4.33. The molecule has 3 rings (SSSR count). The maximum absolute atomic E-state index is 12.5. The first-order chi connectivity index (χ1) is 13.1. The fourth-order valence-corrected chi connectivity index (χ4v) is 3.42. The van der Waals surface area contributed by atoms with Crippen molar-refractivity contribution in [2.24, 2.45) is 0 Å². The number of amides is 1. The molecule has 1 heterocycles. The molecule has 140 valence electrons. The molecule has 7 heteroatoms. The fraction of sp³-hybridized carbons (Fsp3) is 0.200. The van der Waals surface area contributed by atoms with E-state index < -0.39 is 0 Å². The quantitative estimate of drug-likeness (QED) is 0.635. The molecule has 0 aliphatic heterocycles. The maximum Gasteiger partial charge on any atom is 0.267 e. The zero-order valence-electron chi connectivity index (χ0n) is 15.4. The molecule has 1 aromatic heterocycles. The summed E-state index contributed by atoms with van der Waals surface area (Å²) in [5, 5.41) is 6.84. The molecule has 0 bridgehead atoms. The van der Waals surface area contributed by atoms with Crippen LogP contribution in [0, 0.1) is 6.92 Å². The topological polar surface area (TPSA) is 72.5 Å². The Labute approximate surface area is 162 Å². The molecule has 0 aliphatic carbocycles. The number of ether oxygens (including phenoxy) is 2. The zero-order chi connectivity index (χ0) is 19.2. The Morgan fingerprint density at radius 2 is 1.81 bits per heavy atom. The number of carbonyl (C=O) groups excluding carboxylic acids is 1. The second-order valence-electron chi connectivity index (χ2n) is 5.80. The van der Waals surface area contributed by atoms with Gasteiger partial charge < -0.3 is 20.1 Å². The predicted molar refractivity (Wildman–Crippen MR) is 108 cm³/mol. The summed E-state index contributed by atoms with van der Waals surface area (Å²) in [6, 6.07) is 15.1. The van der Waals surface area contributed by atoms with Crippen LogP contribution < -0.4 is 20.1 Å². The van der Waals surface area contributed by atoms with Crippen LogP contribution in [0.25, 0.3) is 0 Å². The van der Waals surface area contributed by atoms with Gasteiger partial charge in [0.25, 0.3) is 5.91 Å². The Kier molecular flexibility index (Phi) is 5.93.